The lowest BCUT2D eigenvalue weighted by molar-refractivity contribution is -0.120. The summed E-state index contributed by atoms with van der Waals surface area (Å²) in [6.45, 7) is 4.29. The summed E-state index contributed by atoms with van der Waals surface area (Å²) in [5, 5.41) is 2.05. The van der Waals surface area contributed by atoms with Gasteiger partial charge in [-0.25, -0.2) is 0 Å². The van der Waals surface area contributed by atoms with E-state index in [0.717, 1.165) is 5.56 Å². The third-order valence-corrected chi connectivity index (χ3v) is 4.57. The fourth-order valence-corrected chi connectivity index (χ4v) is 2.85. The monoisotopic (exact) mass is 284 g/mol. The Balaban J connectivity index is 2.76. The Morgan fingerprint density at radius 3 is 2.84 bits per heavy atom. The van der Waals surface area contributed by atoms with Crippen LogP contribution in [-0.4, -0.2) is 35.6 Å². The molecule has 1 aromatic rings. The van der Waals surface area contributed by atoms with Crippen molar-refractivity contribution in [3.63, 3.8) is 0 Å². The molecule has 0 spiro atoms. The highest BCUT2D eigenvalue weighted by atomic mass is 32.2. The summed E-state index contributed by atoms with van der Waals surface area (Å²) in [7, 11) is 0.141. The first-order valence-corrected chi connectivity index (χ1v) is 7.22. The van der Waals surface area contributed by atoms with E-state index in [-0.39, 0.29) is 5.91 Å². The van der Waals surface area contributed by atoms with Gasteiger partial charge in [-0.3, -0.25) is 9.00 Å². The summed E-state index contributed by atoms with van der Waals surface area (Å²) in [6.07, 6.45) is 0. The number of methoxy groups -OCH3 is 1. The van der Waals surface area contributed by atoms with E-state index < -0.39 is 16.0 Å². The van der Waals surface area contributed by atoms with E-state index in [0.29, 0.717) is 23.7 Å². The zero-order chi connectivity index (χ0) is 14.4. The van der Waals surface area contributed by atoms with Gasteiger partial charge in [0.2, 0.25) is 5.91 Å². The average Bonchev–Trinajstić information content (AvgIpc) is 2.40. The Morgan fingerprint density at radius 2 is 2.21 bits per heavy atom. The first-order chi connectivity index (χ1) is 8.99. The number of anilines is 1. The second kappa shape index (κ2) is 7.25. The van der Waals surface area contributed by atoms with Crippen LogP contribution >= 0.6 is 0 Å². The van der Waals surface area contributed by atoms with Gasteiger partial charge in [0.1, 0.15) is 5.25 Å². The van der Waals surface area contributed by atoms with Gasteiger partial charge in [0.25, 0.3) is 0 Å². The van der Waals surface area contributed by atoms with E-state index in [1.54, 1.807) is 39.2 Å². The molecule has 6 heteroatoms. The number of nitrogen functional groups attached to an aromatic ring is 1. The number of benzene rings is 1. The van der Waals surface area contributed by atoms with Gasteiger partial charge in [-0.15, -0.1) is 0 Å². The van der Waals surface area contributed by atoms with Gasteiger partial charge in [-0.2, -0.15) is 0 Å². The molecule has 0 saturated heterocycles. The van der Waals surface area contributed by atoms with Crippen LogP contribution in [0.25, 0.3) is 0 Å². The molecule has 3 N–H and O–H groups in total. The van der Waals surface area contributed by atoms with Crippen LogP contribution < -0.4 is 11.1 Å². The average molecular weight is 284 g/mol. The summed E-state index contributed by atoms with van der Waals surface area (Å²) >= 11 is 0. The molecule has 0 radical (unpaired) electrons. The highest BCUT2D eigenvalue weighted by Gasteiger charge is 2.22. The molecule has 106 valence electrons. The molecule has 0 bridgehead atoms. The van der Waals surface area contributed by atoms with Gasteiger partial charge in [0.15, 0.2) is 0 Å². The van der Waals surface area contributed by atoms with Crippen molar-refractivity contribution in [2.75, 3.05) is 26.0 Å². The molecule has 1 aromatic carbocycles. The summed E-state index contributed by atoms with van der Waals surface area (Å²) < 4.78 is 17.2. The molecule has 0 aliphatic carbocycles. The van der Waals surface area contributed by atoms with Crippen molar-refractivity contribution in [2.24, 2.45) is 0 Å². The highest BCUT2D eigenvalue weighted by molar-refractivity contribution is 7.86. The van der Waals surface area contributed by atoms with Crippen molar-refractivity contribution in [1.29, 1.82) is 0 Å². The van der Waals surface area contributed by atoms with Gasteiger partial charge in [-0.1, -0.05) is 6.07 Å². The van der Waals surface area contributed by atoms with Crippen molar-refractivity contribution < 1.29 is 13.7 Å². The summed E-state index contributed by atoms with van der Waals surface area (Å²) in [5.41, 5.74) is 7.12. The van der Waals surface area contributed by atoms with Crippen LogP contribution in [0.1, 0.15) is 12.5 Å². The predicted molar refractivity (Wildman–Crippen MR) is 76.3 cm³/mol. The molecule has 0 aliphatic rings. The fourth-order valence-electron chi connectivity index (χ4n) is 1.56. The van der Waals surface area contributed by atoms with Crippen LogP contribution in [0.4, 0.5) is 5.69 Å². The first-order valence-electron chi connectivity index (χ1n) is 6.01. The smallest absolute Gasteiger partial charge is 0.235 e. The highest BCUT2D eigenvalue weighted by Crippen LogP contribution is 2.21. The quantitative estimate of drug-likeness (QED) is 0.599. The first kappa shape index (κ1) is 15.7. The standard InChI is InChI=1S/C13H20N2O3S/c1-9-11(14)5-4-6-12(9)19(17)10(2)13(16)15-7-8-18-3/h4-6,10H,7-8,14H2,1-3H3,(H,15,16). The van der Waals surface area contributed by atoms with Gasteiger partial charge < -0.3 is 15.8 Å². The number of carbonyl (C=O) groups is 1. The molecule has 0 aromatic heterocycles. The van der Waals surface area contributed by atoms with Crippen LogP contribution in [0.15, 0.2) is 23.1 Å². The maximum absolute atomic E-state index is 12.4. The number of hydrogen-bond acceptors (Lipinski definition) is 4. The van der Waals surface area contributed by atoms with Crippen LogP contribution in [0.2, 0.25) is 0 Å². The lowest BCUT2D eigenvalue weighted by atomic mass is 10.2. The molecule has 1 amide bonds. The number of rotatable bonds is 6. The number of nitrogens with two attached hydrogens (primary N) is 1. The molecule has 0 fully saturated rings. The lowest BCUT2D eigenvalue weighted by Gasteiger charge is -2.14. The van der Waals surface area contributed by atoms with E-state index in [9.17, 15) is 9.00 Å². The Bertz CT molecular complexity index is 477. The van der Waals surface area contributed by atoms with E-state index in [4.69, 9.17) is 10.5 Å². The fraction of sp³-hybridized carbons (Fsp3) is 0.462. The third kappa shape index (κ3) is 4.04. The van der Waals surface area contributed by atoms with E-state index in [1.165, 1.54) is 0 Å². The van der Waals surface area contributed by atoms with Crippen LogP contribution in [-0.2, 0) is 20.3 Å². The number of hydrogen-bond donors (Lipinski definition) is 2. The van der Waals surface area contributed by atoms with Crippen LogP contribution in [0, 0.1) is 6.92 Å². The number of amides is 1. The predicted octanol–water partition coefficient (Wildman–Crippen LogP) is 0.836. The van der Waals surface area contributed by atoms with Gasteiger partial charge in [-0.05, 0) is 31.5 Å². The Labute approximate surface area is 116 Å². The van der Waals surface area contributed by atoms with Crippen molar-refractivity contribution in [2.45, 2.75) is 24.0 Å². The Hall–Kier alpha value is -1.40. The molecule has 1 rings (SSSR count). The minimum absolute atomic E-state index is 0.253. The number of nitrogens with one attached hydrogen (secondary N) is 1. The topological polar surface area (TPSA) is 81.4 Å². The zero-order valence-corrected chi connectivity index (χ0v) is 12.3. The molecule has 19 heavy (non-hydrogen) atoms. The second-order valence-corrected chi connectivity index (χ2v) is 5.94. The normalized spacial score (nSPS) is 13.8. The van der Waals surface area contributed by atoms with Gasteiger partial charge in [0, 0.05) is 24.2 Å². The van der Waals surface area contributed by atoms with Crippen molar-refractivity contribution in [3.05, 3.63) is 23.8 Å². The maximum atomic E-state index is 12.4. The SMILES string of the molecule is COCCNC(=O)C(C)S(=O)c1cccc(N)c1C. The van der Waals surface area contributed by atoms with Crippen molar-refractivity contribution in [1.82, 2.24) is 5.32 Å². The molecule has 0 saturated carbocycles. The minimum Gasteiger partial charge on any atom is -0.398 e. The van der Waals surface area contributed by atoms with E-state index >= 15 is 0 Å². The van der Waals surface area contributed by atoms with Crippen molar-refractivity contribution in [3.8, 4) is 0 Å². The Kier molecular flexibility index (Phi) is 5.98. The maximum Gasteiger partial charge on any atom is 0.235 e. The van der Waals surface area contributed by atoms with Crippen LogP contribution in [0.5, 0.6) is 0 Å². The second-order valence-electron chi connectivity index (χ2n) is 4.19. The molecular weight excluding hydrogens is 264 g/mol. The van der Waals surface area contributed by atoms with Crippen molar-refractivity contribution >= 4 is 22.4 Å². The number of carbonyl (C=O) groups excluding carboxylic acids is 1. The summed E-state index contributed by atoms with van der Waals surface area (Å²) in [4.78, 5) is 12.4. The molecule has 0 heterocycles. The van der Waals surface area contributed by atoms with Crippen LogP contribution in [0.3, 0.4) is 0 Å². The zero-order valence-electron chi connectivity index (χ0n) is 11.4. The summed E-state index contributed by atoms with van der Waals surface area (Å²) in [5.74, 6) is -0.253. The van der Waals surface area contributed by atoms with E-state index in [1.807, 2.05) is 0 Å². The van der Waals surface area contributed by atoms with Gasteiger partial charge in [0.05, 0.1) is 17.4 Å². The number of ether oxygens (including phenoxy) is 1. The lowest BCUT2D eigenvalue weighted by Crippen LogP contribution is -2.37. The summed E-state index contributed by atoms with van der Waals surface area (Å²) in [6, 6.07) is 5.23. The largest absolute Gasteiger partial charge is 0.398 e. The molecule has 2 unspecified atom stereocenters. The molecule has 5 nitrogen and oxygen atoms in total. The Morgan fingerprint density at radius 1 is 1.53 bits per heavy atom. The minimum atomic E-state index is -1.42. The third-order valence-electron chi connectivity index (χ3n) is 2.84. The van der Waals surface area contributed by atoms with Gasteiger partial charge >= 0.3 is 0 Å². The molecule has 0 aliphatic heterocycles. The molecular formula is C13H20N2O3S. The van der Waals surface area contributed by atoms with E-state index in [2.05, 4.69) is 5.32 Å². The molecule has 2 atom stereocenters.